The minimum absolute atomic E-state index is 0.401. The molecule has 0 spiro atoms. The maximum Gasteiger partial charge on any atom is 0.213 e. The van der Waals surface area contributed by atoms with Crippen molar-refractivity contribution in [1.82, 2.24) is 10.3 Å². The van der Waals surface area contributed by atoms with Gasteiger partial charge in [0.15, 0.2) is 0 Å². The van der Waals surface area contributed by atoms with Gasteiger partial charge in [-0.05, 0) is 5.56 Å². The van der Waals surface area contributed by atoms with Gasteiger partial charge in [0, 0.05) is 32.0 Å². The van der Waals surface area contributed by atoms with Crippen molar-refractivity contribution in [3.05, 3.63) is 22.8 Å². The number of hydrogen-bond donors (Lipinski definition) is 1. The molecule has 6 heteroatoms. The highest BCUT2D eigenvalue weighted by Gasteiger charge is 2.05. The predicted molar refractivity (Wildman–Crippen MR) is 79.4 cm³/mol. The van der Waals surface area contributed by atoms with E-state index in [2.05, 4.69) is 24.1 Å². The van der Waals surface area contributed by atoms with E-state index in [1.165, 1.54) is 0 Å². The van der Waals surface area contributed by atoms with Crippen LogP contribution in [0.2, 0.25) is 5.02 Å². The lowest BCUT2D eigenvalue weighted by Gasteiger charge is -2.11. The molecule has 0 aliphatic rings. The Hall–Kier alpha value is -0.880. The van der Waals surface area contributed by atoms with Crippen LogP contribution in [0.5, 0.6) is 5.88 Å². The van der Waals surface area contributed by atoms with Crippen molar-refractivity contribution < 1.29 is 14.2 Å². The molecule has 0 aliphatic heterocycles. The van der Waals surface area contributed by atoms with Gasteiger partial charge in [0.2, 0.25) is 5.88 Å². The van der Waals surface area contributed by atoms with Crippen LogP contribution in [0.1, 0.15) is 19.4 Å². The Morgan fingerprint density at radius 3 is 2.70 bits per heavy atom. The number of methoxy groups -OCH3 is 1. The molecule has 5 nitrogen and oxygen atoms in total. The van der Waals surface area contributed by atoms with Gasteiger partial charge in [0.25, 0.3) is 0 Å². The van der Waals surface area contributed by atoms with Gasteiger partial charge < -0.3 is 19.5 Å². The highest BCUT2D eigenvalue weighted by atomic mass is 35.5. The Bertz CT molecular complexity index is 389. The van der Waals surface area contributed by atoms with E-state index in [4.69, 9.17) is 25.8 Å². The molecule has 0 saturated carbocycles. The highest BCUT2D eigenvalue weighted by Crippen LogP contribution is 2.19. The Morgan fingerprint density at radius 1 is 1.25 bits per heavy atom. The average Bonchev–Trinajstić information content (AvgIpc) is 2.42. The molecule has 0 atom stereocenters. The van der Waals surface area contributed by atoms with Crippen LogP contribution >= 0.6 is 11.6 Å². The van der Waals surface area contributed by atoms with E-state index in [-0.39, 0.29) is 0 Å². The smallest absolute Gasteiger partial charge is 0.213 e. The first-order valence-corrected chi connectivity index (χ1v) is 7.08. The molecule has 1 heterocycles. The quantitative estimate of drug-likeness (QED) is 0.672. The number of pyridine rings is 1. The first-order valence-electron chi connectivity index (χ1n) is 6.70. The van der Waals surface area contributed by atoms with Gasteiger partial charge in [-0.2, -0.15) is 0 Å². The Labute approximate surface area is 125 Å². The fraction of sp³-hybridized carbons (Fsp3) is 0.643. The summed E-state index contributed by atoms with van der Waals surface area (Å²) in [7, 11) is 1.64. The third-order valence-corrected chi connectivity index (χ3v) is 2.86. The first kappa shape index (κ1) is 17.2. The van der Waals surface area contributed by atoms with E-state index in [9.17, 15) is 0 Å². The maximum atomic E-state index is 6.10. The minimum Gasteiger partial charge on any atom is -0.475 e. The molecule has 1 N–H and O–H groups in total. The number of nitrogens with one attached hydrogen (secondary N) is 1. The molecule has 0 aromatic carbocycles. The summed E-state index contributed by atoms with van der Waals surface area (Å²) < 4.78 is 15.7. The molecule has 0 aliphatic carbocycles. The molecule has 0 amide bonds. The van der Waals surface area contributed by atoms with Crippen LogP contribution in [0, 0.1) is 0 Å². The number of aromatic nitrogens is 1. The molecule has 114 valence electrons. The molecule has 0 saturated heterocycles. The summed E-state index contributed by atoms with van der Waals surface area (Å²) in [4.78, 5) is 4.14. The summed E-state index contributed by atoms with van der Waals surface area (Å²) in [5, 5.41) is 3.95. The average molecular weight is 303 g/mol. The summed E-state index contributed by atoms with van der Waals surface area (Å²) in [6.07, 6.45) is 1.61. The second-order valence-electron chi connectivity index (χ2n) is 4.60. The van der Waals surface area contributed by atoms with E-state index >= 15 is 0 Å². The third kappa shape index (κ3) is 7.05. The molecule has 0 fully saturated rings. The summed E-state index contributed by atoms with van der Waals surface area (Å²) in [5.41, 5.74) is 0.977. The molecular formula is C14H23ClN2O3. The Balaban J connectivity index is 2.36. The number of halogens is 1. The Morgan fingerprint density at radius 2 is 2.00 bits per heavy atom. The van der Waals surface area contributed by atoms with Crippen molar-refractivity contribution in [2.24, 2.45) is 0 Å². The van der Waals surface area contributed by atoms with Crippen LogP contribution in [0.15, 0.2) is 12.3 Å². The van der Waals surface area contributed by atoms with E-state index in [0.29, 0.717) is 49.9 Å². The zero-order valence-electron chi connectivity index (χ0n) is 12.3. The van der Waals surface area contributed by atoms with E-state index in [1.54, 1.807) is 13.3 Å². The highest BCUT2D eigenvalue weighted by molar-refractivity contribution is 6.31. The minimum atomic E-state index is 0.401. The standard InChI is InChI=1S/C14H23ClN2O3/c1-11(2)16-9-12-8-14(17-10-13(12)15)20-7-6-19-5-4-18-3/h8,10-11,16H,4-7,9H2,1-3H3. The molecule has 0 bridgehead atoms. The van der Waals surface area contributed by atoms with Crippen LogP contribution in [0.4, 0.5) is 0 Å². The summed E-state index contributed by atoms with van der Waals surface area (Å²) in [6, 6.07) is 2.25. The SMILES string of the molecule is COCCOCCOc1cc(CNC(C)C)c(Cl)cn1. The second-order valence-corrected chi connectivity index (χ2v) is 5.01. The van der Waals surface area contributed by atoms with E-state index in [0.717, 1.165) is 5.56 Å². The van der Waals surface area contributed by atoms with Gasteiger partial charge >= 0.3 is 0 Å². The topological polar surface area (TPSA) is 52.6 Å². The molecular weight excluding hydrogens is 280 g/mol. The van der Waals surface area contributed by atoms with Gasteiger partial charge in [-0.1, -0.05) is 25.4 Å². The molecule has 1 aromatic rings. The summed E-state index contributed by atoms with van der Waals surface area (Å²) in [5.74, 6) is 0.560. The van der Waals surface area contributed by atoms with Gasteiger partial charge in [-0.25, -0.2) is 4.98 Å². The first-order chi connectivity index (χ1) is 9.63. The van der Waals surface area contributed by atoms with Gasteiger partial charge in [0.1, 0.15) is 6.61 Å². The lowest BCUT2D eigenvalue weighted by atomic mass is 10.2. The lowest BCUT2D eigenvalue weighted by molar-refractivity contribution is 0.0536. The number of ether oxygens (including phenoxy) is 3. The van der Waals surface area contributed by atoms with Crippen LogP contribution in [0.25, 0.3) is 0 Å². The summed E-state index contributed by atoms with van der Waals surface area (Å²) >= 11 is 6.10. The molecule has 1 aromatic heterocycles. The fourth-order valence-corrected chi connectivity index (χ4v) is 1.61. The predicted octanol–water partition coefficient (Wildman–Crippen LogP) is 2.27. The number of hydrogen-bond acceptors (Lipinski definition) is 5. The number of nitrogens with zero attached hydrogens (tertiary/aromatic N) is 1. The Kier molecular flexibility index (Phi) is 8.53. The normalized spacial score (nSPS) is 11.1. The number of rotatable bonds is 10. The van der Waals surface area contributed by atoms with Gasteiger partial charge in [-0.15, -0.1) is 0 Å². The largest absolute Gasteiger partial charge is 0.475 e. The maximum absolute atomic E-state index is 6.10. The van der Waals surface area contributed by atoms with Crippen LogP contribution in [-0.4, -0.2) is 44.6 Å². The molecule has 1 rings (SSSR count). The zero-order valence-corrected chi connectivity index (χ0v) is 13.1. The van der Waals surface area contributed by atoms with Crippen molar-refractivity contribution >= 4 is 11.6 Å². The van der Waals surface area contributed by atoms with Crippen LogP contribution in [-0.2, 0) is 16.0 Å². The fourth-order valence-electron chi connectivity index (χ4n) is 1.44. The third-order valence-electron chi connectivity index (χ3n) is 2.52. The van der Waals surface area contributed by atoms with Gasteiger partial charge in [-0.3, -0.25) is 0 Å². The second kappa shape index (κ2) is 9.94. The van der Waals surface area contributed by atoms with E-state index in [1.807, 2.05) is 6.07 Å². The van der Waals surface area contributed by atoms with E-state index < -0.39 is 0 Å². The van der Waals surface area contributed by atoms with Crippen molar-refractivity contribution in [1.29, 1.82) is 0 Å². The van der Waals surface area contributed by atoms with Crippen molar-refractivity contribution in [3.8, 4) is 5.88 Å². The molecule has 0 unspecified atom stereocenters. The summed E-state index contributed by atoms with van der Waals surface area (Å²) in [6.45, 7) is 6.98. The van der Waals surface area contributed by atoms with Crippen LogP contribution < -0.4 is 10.1 Å². The van der Waals surface area contributed by atoms with Crippen molar-refractivity contribution in [2.45, 2.75) is 26.4 Å². The molecule has 20 heavy (non-hydrogen) atoms. The van der Waals surface area contributed by atoms with Crippen molar-refractivity contribution in [3.63, 3.8) is 0 Å². The zero-order chi connectivity index (χ0) is 14.8. The lowest BCUT2D eigenvalue weighted by Crippen LogP contribution is -2.22. The monoisotopic (exact) mass is 302 g/mol. The van der Waals surface area contributed by atoms with Gasteiger partial charge in [0.05, 0.1) is 24.8 Å². The van der Waals surface area contributed by atoms with Crippen molar-refractivity contribution in [2.75, 3.05) is 33.5 Å². The van der Waals surface area contributed by atoms with Crippen LogP contribution in [0.3, 0.4) is 0 Å². The molecule has 0 radical (unpaired) electrons.